The van der Waals surface area contributed by atoms with Crippen LogP contribution in [-0.2, 0) is 4.79 Å². The summed E-state index contributed by atoms with van der Waals surface area (Å²) < 4.78 is 11.2. The van der Waals surface area contributed by atoms with Crippen LogP contribution in [0, 0.1) is 17.8 Å². The van der Waals surface area contributed by atoms with Gasteiger partial charge in [-0.2, -0.15) is 0 Å². The molecule has 1 saturated carbocycles. The molecule has 33 heavy (non-hydrogen) atoms. The van der Waals surface area contributed by atoms with E-state index >= 15 is 0 Å². The van der Waals surface area contributed by atoms with E-state index in [4.69, 9.17) is 9.15 Å². The lowest BCUT2D eigenvalue weighted by atomic mass is 9.83. The van der Waals surface area contributed by atoms with Crippen molar-refractivity contribution >= 4 is 28.3 Å². The quantitative estimate of drug-likeness (QED) is 0.182. The number of carbonyl (C=O) groups is 3. The molecule has 1 aromatic heterocycles. The Balaban J connectivity index is 1.63. The molecule has 3 aromatic carbocycles. The van der Waals surface area contributed by atoms with Crippen LogP contribution in [0.15, 0.2) is 83.5 Å². The molecule has 1 fully saturated rings. The molecule has 0 amide bonds. The van der Waals surface area contributed by atoms with Crippen LogP contribution in [0.3, 0.4) is 0 Å². The van der Waals surface area contributed by atoms with Crippen molar-refractivity contribution in [3.63, 3.8) is 0 Å². The second-order valence-electron chi connectivity index (χ2n) is 9.03. The lowest BCUT2D eigenvalue weighted by Crippen LogP contribution is -2.39. The van der Waals surface area contributed by atoms with Gasteiger partial charge in [0, 0.05) is 17.0 Å². The first-order valence-electron chi connectivity index (χ1n) is 10.8. The van der Waals surface area contributed by atoms with Gasteiger partial charge in [-0.3, -0.25) is 14.4 Å². The Morgan fingerprint density at radius 2 is 1.64 bits per heavy atom. The summed E-state index contributed by atoms with van der Waals surface area (Å²) in [6.45, 7) is 3.65. The molecule has 0 spiro atoms. The van der Waals surface area contributed by atoms with Crippen LogP contribution >= 0.6 is 0 Å². The number of hydrogen-bond acceptors (Lipinski definition) is 5. The topological polar surface area (TPSA) is 73.6 Å². The predicted molar refractivity (Wildman–Crippen MR) is 121 cm³/mol. The summed E-state index contributed by atoms with van der Waals surface area (Å²) in [7, 11) is 0. The summed E-state index contributed by atoms with van der Waals surface area (Å²) in [4.78, 5) is 41.4. The van der Waals surface area contributed by atoms with E-state index in [1.807, 2.05) is 49.4 Å². The Bertz CT molecular complexity index is 1460. The van der Waals surface area contributed by atoms with E-state index in [0.29, 0.717) is 11.3 Å². The Morgan fingerprint density at radius 1 is 0.879 bits per heavy atom. The number of aryl methyl sites for hydroxylation is 1. The maximum absolute atomic E-state index is 14.0. The normalized spacial score (nSPS) is 25.2. The zero-order valence-electron chi connectivity index (χ0n) is 18.1. The largest absolute Gasteiger partial charge is 0.461 e. The molecule has 2 aliphatic rings. The molecule has 3 atom stereocenters. The molecular weight excluding hydrogens is 416 g/mol. The molecule has 0 saturated heterocycles. The van der Waals surface area contributed by atoms with Crippen molar-refractivity contribution in [3.05, 3.63) is 102 Å². The van der Waals surface area contributed by atoms with Crippen molar-refractivity contribution in [3.8, 4) is 5.75 Å². The molecule has 6 rings (SSSR count). The Hall–Kier alpha value is -3.99. The fourth-order valence-corrected chi connectivity index (χ4v) is 5.67. The van der Waals surface area contributed by atoms with E-state index in [0.717, 1.165) is 21.9 Å². The van der Waals surface area contributed by atoms with Gasteiger partial charge >= 0.3 is 5.97 Å². The standard InChI is InChI=1S/C28H20O5/c1-16-9-11-18(12-10-16)24(29)27(2)23-22-19-7-4-3-6-17(19)13-14-20(22)33-26(31)28(23,27)25(30)21-8-5-15-32-21/h3-15,23H,1-2H3/t23-,27+,28-/m0/s1. The fraction of sp³-hybridized carbons (Fsp3) is 0.179. The number of rotatable bonds is 4. The highest BCUT2D eigenvalue weighted by Crippen LogP contribution is 2.79. The second-order valence-corrected chi connectivity index (χ2v) is 9.03. The highest BCUT2D eigenvalue weighted by molar-refractivity contribution is 6.25. The number of ketones is 2. The summed E-state index contributed by atoms with van der Waals surface area (Å²) in [5, 5.41) is 1.81. The van der Waals surface area contributed by atoms with Crippen molar-refractivity contribution in [2.75, 3.05) is 0 Å². The van der Waals surface area contributed by atoms with Crippen molar-refractivity contribution in [2.24, 2.45) is 10.8 Å². The number of fused-ring (bicyclic) bond motifs is 5. The molecule has 4 aromatic rings. The highest BCUT2D eigenvalue weighted by Gasteiger charge is 2.88. The van der Waals surface area contributed by atoms with Crippen LogP contribution in [-0.4, -0.2) is 17.5 Å². The molecule has 0 unspecified atom stereocenters. The zero-order valence-corrected chi connectivity index (χ0v) is 18.1. The smallest absolute Gasteiger partial charge is 0.327 e. The summed E-state index contributed by atoms with van der Waals surface area (Å²) in [6.07, 6.45) is 1.39. The molecule has 5 heteroatoms. The van der Waals surface area contributed by atoms with Gasteiger partial charge in [0.1, 0.15) is 5.75 Å². The first-order valence-corrected chi connectivity index (χ1v) is 10.8. The summed E-state index contributed by atoms with van der Waals surface area (Å²) in [5.74, 6) is -1.72. The third kappa shape index (κ3) is 2.34. The monoisotopic (exact) mass is 436 g/mol. The van der Waals surface area contributed by atoms with E-state index in [1.54, 1.807) is 31.2 Å². The number of furan rings is 1. The van der Waals surface area contributed by atoms with Gasteiger partial charge in [-0.05, 0) is 35.9 Å². The lowest BCUT2D eigenvalue weighted by Gasteiger charge is -2.23. The summed E-state index contributed by atoms with van der Waals surface area (Å²) in [6, 6.07) is 21.7. The second kappa shape index (κ2) is 6.51. The fourth-order valence-electron chi connectivity index (χ4n) is 5.67. The number of benzene rings is 3. The van der Waals surface area contributed by atoms with Gasteiger partial charge in [0.15, 0.2) is 17.0 Å². The third-order valence-corrected chi connectivity index (χ3v) is 7.38. The molecule has 0 radical (unpaired) electrons. The molecule has 0 N–H and O–H groups in total. The number of carbonyl (C=O) groups excluding carboxylic acids is 3. The molecule has 162 valence electrons. The summed E-state index contributed by atoms with van der Waals surface area (Å²) in [5.41, 5.74) is -0.820. The Labute approximate surface area is 190 Å². The van der Waals surface area contributed by atoms with Crippen molar-refractivity contribution in [2.45, 2.75) is 19.8 Å². The molecule has 1 aliphatic heterocycles. The molecule has 1 aliphatic carbocycles. The van der Waals surface area contributed by atoms with Gasteiger partial charge in [0.2, 0.25) is 5.78 Å². The van der Waals surface area contributed by atoms with Crippen LogP contribution in [0.1, 0.15) is 44.9 Å². The van der Waals surface area contributed by atoms with Gasteiger partial charge in [0.05, 0.1) is 11.7 Å². The van der Waals surface area contributed by atoms with Crippen molar-refractivity contribution in [1.82, 2.24) is 0 Å². The maximum atomic E-state index is 14.0. The minimum Gasteiger partial charge on any atom is -0.461 e. The average Bonchev–Trinajstić information content (AvgIpc) is 3.13. The van der Waals surface area contributed by atoms with Gasteiger partial charge in [0.25, 0.3) is 0 Å². The SMILES string of the molecule is Cc1ccc(C(=O)[C@@]2(C)[C@@H]3c4c(ccc5ccccc45)OC(=O)[C@@]32C(=O)c2ccco2)cc1. The number of esters is 1. The van der Waals surface area contributed by atoms with Crippen molar-refractivity contribution < 1.29 is 23.5 Å². The number of Topliss-reactive ketones (excluding diaryl/α,β-unsaturated/α-hetero) is 2. The molecular formula is C28H20O5. The zero-order chi connectivity index (χ0) is 23.0. The summed E-state index contributed by atoms with van der Waals surface area (Å²) >= 11 is 0. The van der Waals surface area contributed by atoms with Crippen LogP contribution in [0.5, 0.6) is 5.75 Å². The lowest BCUT2D eigenvalue weighted by molar-refractivity contribution is -0.140. The molecule has 2 heterocycles. The van der Waals surface area contributed by atoms with E-state index in [2.05, 4.69) is 0 Å². The number of hydrogen-bond donors (Lipinski definition) is 0. The first kappa shape index (κ1) is 19.7. The van der Waals surface area contributed by atoms with Crippen LogP contribution in [0.25, 0.3) is 10.8 Å². The first-order chi connectivity index (χ1) is 15.9. The van der Waals surface area contributed by atoms with Gasteiger partial charge < -0.3 is 9.15 Å². The minimum absolute atomic E-state index is 0.0427. The molecule has 5 nitrogen and oxygen atoms in total. The van der Waals surface area contributed by atoms with E-state index in [-0.39, 0.29) is 11.5 Å². The van der Waals surface area contributed by atoms with Crippen LogP contribution in [0.4, 0.5) is 0 Å². The highest BCUT2D eigenvalue weighted by atomic mass is 16.5. The van der Waals surface area contributed by atoms with Crippen molar-refractivity contribution in [1.29, 1.82) is 0 Å². The minimum atomic E-state index is -1.69. The maximum Gasteiger partial charge on any atom is 0.327 e. The number of ether oxygens (including phenoxy) is 1. The van der Waals surface area contributed by atoms with Gasteiger partial charge in [-0.1, -0.05) is 67.1 Å². The predicted octanol–water partition coefficient (Wildman–Crippen LogP) is 5.52. The molecule has 0 bridgehead atoms. The van der Waals surface area contributed by atoms with Crippen LogP contribution in [0.2, 0.25) is 0 Å². The average molecular weight is 436 g/mol. The van der Waals surface area contributed by atoms with Gasteiger partial charge in [-0.25, -0.2) is 0 Å². The Kier molecular flexibility index (Phi) is 3.88. The van der Waals surface area contributed by atoms with E-state index in [1.165, 1.54) is 12.3 Å². The third-order valence-electron chi connectivity index (χ3n) is 7.38. The van der Waals surface area contributed by atoms with Crippen LogP contribution < -0.4 is 4.74 Å². The van der Waals surface area contributed by atoms with Gasteiger partial charge in [-0.15, -0.1) is 0 Å². The van der Waals surface area contributed by atoms with E-state index in [9.17, 15) is 14.4 Å². The van der Waals surface area contributed by atoms with E-state index < -0.39 is 28.5 Å². The Morgan fingerprint density at radius 3 is 2.36 bits per heavy atom.